The van der Waals surface area contributed by atoms with Gasteiger partial charge in [0.25, 0.3) is 0 Å². The molecular weight excluding hydrogens is 248 g/mol. The van der Waals surface area contributed by atoms with Crippen LogP contribution < -0.4 is 10.1 Å². The maximum atomic E-state index is 8.68. The van der Waals surface area contributed by atoms with E-state index >= 15 is 0 Å². The first-order valence-corrected chi connectivity index (χ1v) is 6.81. The van der Waals surface area contributed by atoms with Gasteiger partial charge in [0.2, 0.25) is 0 Å². The Kier molecular flexibility index (Phi) is 3.56. The van der Waals surface area contributed by atoms with Crippen molar-refractivity contribution in [1.29, 1.82) is 5.26 Å². The summed E-state index contributed by atoms with van der Waals surface area (Å²) in [6, 6.07) is 18.7. The third kappa shape index (κ3) is 2.60. The minimum Gasteiger partial charge on any atom is -0.493 e. The largest absolute Gasteiger partial charge is 0.493 e. The molecule has 0 aliphatic carbocycles. The Hall–Kier alpha value is -2.47. The summed E-state index contributed by atoms with van der Waals surface area (Å²) in [7, 11) is 0. The van der Waals surface area contributed by atoms with Crippen LogP contribution in [0.4, 0.5) is 5.69 Å². The fourth-order valence-corrected chi connectivity index (χ4v) is 2.50. The molecule has 1 atom stereocenters. The molecule has 3 rings (SSSR count). The molecule has 3 nitrogen and oxygen atoms in total. The van der Waals surface area contributed by atoms with Crippen molar-refractivity contribution in [3.63, 3.8) is 0 Å². The third-order valence-corrected chi connectivity index (χ3v) is 3.54. The van der Waals surface area contributed by atoms with Crippen LogP contribution >= 0.6 is 0 Å². The van der Waals surface area contributed by atoms with Crippen molar-refractivity contribution >= 4 is 5.69 Å². The number of ether oxygens (including phenoxy) is 1. The Labute approximate surface area is 118 Å². The van der Waals surface area contributed by atoms with Gasteiger partial charge in [0, 0.05) is 17.7 Å². The second-order valence-electron chi connectivity index (χ2n) is 4.90. The summed E-state index contributed by atoms with van der Waals surface area (Å²) in [5.74, 6) is 0.970. The highest BCUT2D eigenvalue weighted by Crippen LogP contribution is 2.33. The number of hydrogen-bond donors (Lipinski definition) is 1. The van der Waals surface area contributed by atoms with E-state index in [4.69, 9.17) is 10.00 Å². The van der Waals surface area contributed by atoms with E-state index in [1.54, 1.807) is 0 Å². The van der Waals surface area contributed by atoms with Crippen LogP contribution in [0.1, 0.15) is 23.6 Å². The number of fused-ring (bicyclic) bond motifs is 1. The Balaban J connectivity index is 1.77. The van der Waals surface area contributed by atoms with Crippen molar-refractivity contribution in [2.45, 2.75) is 18.9 Å². The molecule has 0 amide bonds. The fraction of sp³-hybridized carbons (Fsp3) is 0.235. The number of anilines is 1. The second-order valence-corrected chi connectivity index (χ2v) is 4.90. The zero-order chi connectivity index (χ0) is 13.8. The molecule has 1 N–H and O–H groups in total. The second kappa shape index (κ2) is 5.66. The monoisotopic (exact) mass is 264 g/mol. The molecule has 2 aromatic carbocycles. The Morgan fingerprint density at radius 2 is 1.95 bits per heavy atom. The number of rotatable bonds is 3. The van der Waals surface area contributed by atoms with E-state index in [9.17, 15) is 0 Å². The first-order chi connectivity index (χ1) is 9.86. The van der Waals surface area contributed by atoms with Crippen LogP contribution in [0.5, 0.6) is 5.75 Å². The van der Waals surface area contributed by atoms with E-state index < -0.39 is 0 Å². The van der Waals surface area contributed by atoms with Crippen molar-refractivity contribution in [1.82, 2.24) is 0 Å². The van der Waals surface area contributed by atoms with Crippen LogP contribution in [0, 0.1) is 11.3 Å². The van der Waals surface area contributed by atoms with Gasteiger partial charge >= 0.3 is 0 Å². The number of benzene rings is 2. The Bertz CT molecular complexity index is 628. The summed E-state index contributed by atoms with van der Waals surface area (Å²) in [5, 5.41) is 12.2. The molecule has 0 saturated heterocycles. The lowest BCUT2D eigenvalue weighted by molar-refractivity contribution is 0.274. The number of nitrogens with one attached hydrogen (secondary N) is 1. The quantitative estimate of drug-likeness (QED) is 0.919. The molecule has 1 aliphatic heterocycles. The number of nitrogens with zero attached hydrogens (tertiary/aromatic N) is 1. The first kappa shape index (κ1) is 12.6. The molecule has 20 heavy (non-hydrogen) atoms. The van der Waals surface area contributed by atoms with Crippen LogP contribution in [-0.2, 0) is 6.42 Å². The Morgan fingerprint density at radius 3 is 2.75 bits per heavy atom. The standard InChI is InChI=1S/C17H16N2O/c18-11-9-13-5-7-14(8-6-13)19-16-10-12-20-17-4-2-1-3-15(16)17/h1-8,16,19H,9-10,12H2. The Morgan fingerprint density at radius 1 is 1.15 bits per heavy atom. The summed E-state index contributed by atoms with van der Waals surface area (Å²) in [5.41, 5.74) is 3.33. The van der Waals surface area contributed by atoms with Gasteiger partial charge in [-0.15, -0.1) is 0 Å². The number of para-hydroxylation sites is 1. The van der Waals surface area contributed by atoms with E-state index in [-0.39, 0.29) is 6.04 Å². The summed E-state index contributed by atoms with van der Waals surface area (Å²) in [4.78, 5) is 0. The molecule has 1 unspecified atom stereocenters. The minimum absolute atomic E-state index is 0.279. The zero-order valence-electron chi connectivity index (χ0n) is 11.2. The van der Waals surface area contributed by atoms with Crippen molar-refractivity contribution in [2.24, 2.45) is 0 Å². The van der Waals surface area contributed by atoms with Gasteiger partial charge in [0.15, 0.2) is 0 Å². The van der Waals surface area contributed by atoms with Crippen LogP contribution in [0.15, 0.2) is 48.5 Å². The zero-order valence-corrected chi connectivity index (χ0v) is 11.2. The summed E-state index contributed by atoms with van der Waals surface area (Å²) in [6.45, 7) is 0.737. The van der Waals surface area contributed by atoms with Gasteiger partial charge in [-0.25, -0.2) is 0 Å². The van der Waals surface area contributed by atoms with Crippen LogP contribution in [-0.4, -0.2) is 6.61 Å². The molecule has 100 valence electrons. The van der Waals surface area contributed by atoms with Crippen LogP contribution in [0.2, 0.25) is 0 Å². The van der Waals surface area contributed by atoms with Crippen LogP contribution in [0.25, 0.3) is 0 Å². The maximum Gasteiger partial charge on any atom is 0.124 e. The van der Waals surface area contributed by atoms with Crippen LogP contribution in [0.3, 0.4) is 0 Å². The molecule has 2 aromatic rings. The van der Waals surface area contributed by atoms with Gasteiger partial charge in [0.05, 0.1) is 25.1 Å². The normalized spacial score (nSPS) is 16.6. The predicted octanol–water partition coefficient (Wildman–Crippen LogP) is 3.69. The molecule has 1 aliphatic rings. The summed E-state index contributed by atoms with van der Waals surface area (Å²) < 4.78 is 5.67. The lowest BCUT2D eigenvalue weighted by Gasteiger charge is -2.27. The highest BCUT2D eigenvalue weighted by atomic mass is 16.5. The fourth-order valence-electron chi connectivity index (χ4n) is 2.50. The highest BCUT2D eigenvalue weighted by molar-refractivity contribution is 5.49. The molecule has 0 bridgehead atoms. The van der Waals surface area contributed by atoms with E-state index in [1.807, 2.05) is 42.5 Å². The van der Waals surface area contributed by atoms with Crippen molar-refractivity contribution in [3.05, 3.63) is 59.7 Å². The lowest BCUT2D eigenvalue weighted by atomic mass is 10.00. The molecular formula is C17H16N2O. The van der Waals surface area contributed by atoms with E-state index in [2.05, 4.69) is 17.5 Å². The predicted molar refractivity (Wildman–Crippen MR) is 78.7 cm³/mol. The average molecular weight is 264 g/mol. The van der Waals surface area contributed by atoms with Gasteiger partial charge in [-0.2, -0.15) is 5.26 Å². The molecule has 0 fully saturated rings. The van der Waals surface area contributed by atoms with Crippen molar-refractivity contribution in [2.75, 3.05) is 11.9 Å². The SMILES string of the molecule is N#CCc1ccc(NC2CCOc3ccccc32)cc1. The summed E-state index contributed by atoms with van der Waals surface area (Å²) >= 11 is 0. The minimum atomic E-state index is 0.279. The lowest BCUT2D eigenvalue weighted by Crippen LogP contribution is -2.20. The molecule has 0 spiro atoms. The van der Waals surface area contributed by atoms with Gasteiger partial charge in [0.1, 0.15) is 5.75 Å². The molecule has 3 heteroatoms. The number of nitriles is 1. The van der Waals surface area contributed by atoms with Gasteiger partial charge in [-0.05, 0) is 23.8 Å². The van der Waals surface area contributed by atoms with Crippen molar-refractivity contribution < 1.29 is 4.74 Å². The molecule has 1 heterocycles. The third-order valence-electron chi connectivity index (χ3n) is 3.54. The molecule has 0 aromatic heterocycles. The van der Waals surface area contributed by atoms with Gasteiger partial charge in [-0.3, -0.25) is 0 Å². The number of hydrogen-bond acceptors (Lipinski definition) is 3. The average Bonchev–Trinajstić information content (AvgIpc) is 2.50. The summed E-state index contributed by atoms with van der Waals surface area (Å²) in [6.07, 6.45) is 1.41. The topological polar surface area (TPSA) is 45.0 Å². The van der Waals surface area contributed by atoms with Crippen molar-refractivity contribution in [3.8, 4) is 11.8 Å². The van der Waals surface area contributed by atoms with Gasteiger partial charge < -0.3 is 10.1 Å². The molecule has 0 saturated carbocycles. The van der Waals surface area contributed by atoms with E-state index in [0.717, 1.165) is 30.0 Å². The van der Waals surface area contributed by atoms with Gasteiger partial charge in [-0.1, -0.05) is 30.3 Å². The highest BCUT2D eigenvalue weighted by Gasteiger charge is 2.20. The smallest absolute Gasteiger partial charge is 0.124 e. The first-order valence-electron chi connectivity index (χ1n) is 6.81. The maximum absolute atomic E-state index is 8.68. The van der Waals surface area contributed by atoms with E-state index in [1.165, 1.54) is 5.56 Å². The molecule has 0 radical (unpaired) electrons. The van der Waals surface area contributed by atoms with E-state index in [0.29, 0.717) is 6.42 Å².